The largest absolute Gasteiger partial charge is 0.347 e. The lowest BCUT2D eigenvalue weighted by molar-refractivity contribution is -0.118. The van der Waals surface area contributed by atoms with Crippen LogP contribution in [0.1, 0.15) is 105 Å². The zero-order valence-electron chi connectivity index (χ0n) is 48.9. The van der Waals surface area contributed by atoms with Crippen molar-refractivity contribution in [2.45, 2.75) is 80.4 Å². The molecule has 0 fully saturated rings. The van der Waals surface area contributed by atoms with Crippen molar-refractivity contribution < 1.29 is 37.5 Å². The van der Waals surface area contributed by atoms with E-state index in [4.69, 9.17) is 0 Å². The summed E-state index contributed by atoms with van der Waals surface area (Å²) in [5, 5.41) is 15.8. The highest BCUT2D eigenvalue weighted by molar-refractivity contribution is 7.14. The normalized spacial score (nSPS) is 10.6. The van der Waals surface area contributed by atoms with Crippen LogP contribution < -0.4 is 30.7 Å². The summed E-state index contributed by atoms with van der Waals surface area (Å²) < 4.78 is 25.9. The summed E-state index contributed by atoms with van der Waals surface area (Å²) in [4.78, 5) is 102. The summed E-state index contributed by atoms with van der Waals surface area (Å²) in [6.07, 6.45) is 2.72. The highest BCUT2D eigenvalue weighted by Gasteiger charge is 2.18. The second-order valence-corrected chi connectivity index (χ2v) is 21.9. The van der Waals surface area contributed by atoms with Gasteiger partial charge in [0.25, 0.3) is 17.7 Å². The van der Waals surface area contributed by atoms with Gasteiger partial charge in [0, 0.05) is 133 Å². The average Bonchev–Trinajstić information content (AvgIpc) is 4.22. The summed E-state index contributed by atoms with van der Waals surface area (Å²) >= 11 is 4.15. The number of rotatable bonds is 18. The molecule has 86 heavy (non-hydrogen) atoms. The van der Waals surface area contributed by atoms with Gasteiger partial charge in [0.15, 0.2) is 0 Å². The van der Waals surface area contributed by atoms with Crippen molar-refractivity contribution in [3.05, 3.63) is 194 Å². The molecule has 18 nitrogen and oxygen atoms in total. The van der Waals surface area contributed by atoms with E-state index in [9.17, 15) is 37.5 Å². The fraction of sp³-hybridized carbons (Fsp3) is 0.238. The zero-order valence-corrected chi connectivity index (χ0v) is 51.3. The SMILES string of the molecule is CCC(=O)N(C)c1ccc(-c2nc(C(=O)NCc3ccc(C)nc3C)cs2)cc1.CCC(=O)N(C)c1ccc(-c2nc(C(=O)NCc3ccc(F)nc3)cs2)cc1.CCC(=O)N(C)c1ccc(-c2nc(C(=O)NCc3ccc(F)nc3C)cs2)cc1. The van der Waals surface area contributed by atoms with Gasteiger partial charge in [-0.15, -0.1) is 34.0 Å². The van der Waals surface area contributed by atoms with Crippen molar-refractivity contribution in [1.29, 1.82) is 0 Å². The molecule has 3 aromatic carbocycles. The first-order valence-electron chi connectivity index (χ1n) is 27.2. The number of pyridine rings is 3. The van der Waals surface area contributed by atoms with Gasteiger partial charge >= 0.3 is 0 Å². The van der Waals surface area contributed by atoms with Crippen molar-refractivity contribution in [2.24, 2.45) is 0 Å². The lowest BCUT2D eigenvalue weighted by Gasteiger charge is -2.16. The number of halogens is 2. The van der Waals surface area contributed by atoms with E-state index >= 15 is 0 Å². The molecule has 23 heteroatoms. The third-order valence-corrected chi connectivity index (χ3v) is 16.0. The number of benzene rings is 3. The molecule has 0 unspecified atom stereocenters. The zero-order chi connectivity index (χ0) is 62.0. The molecule has 6 amide bonds. The van der Waals surface area contributed by atoms with Crippen LogP contribution in [0.4, 0.5) is 25.8 Å². The number of hydrogen-bond donors (Lipinski definition) is 3. The van der Waals surface area contributed by atoms with Crippen LogP contribution >= 0.6 is 34.0 Å². The Kier molecular flexibility index (Phi) is 22.8. The summed E-state index contributed by atoms with van der Waals surface area (Å²) in [5.74, 6) is -1.79. The fourth-order valence-electron chi connectivity index (χ4n) is 8.12. The Morgan fingerprint density at radius 2 is 0.779 bits per heavy atom. The molecule has 6 aromatic heterocycles. The maximum Gasteiger partial charge on any atom is 0.271 e. The van der Waals surface area contributed by atoms with Crippen LogP contribution in [0.15, 0.2) is 132 Å². The average molecular weight is 1220 g/mol. The second-order valence-electron chi connectivity index (χ2n) is 19.3. The van der Waals surface area contributed by atoms with E-state index < -0.39 is 11.9 Å². The highest BCUT2D eigenvalue weighted by Crippen LogP contribution is 2.29. The molecule has 9 rings (SSSR count). The molecule has 0 radical (unpaired) electrons. The monoisotopic (exact) mass is 1220 g/mol. The van der Waals surface area contributed by atoms with E-state index in [1.807, 2.05) is 120 Å². The second kappa shape index (κ2) is 30.5. The minimum Gasteiger partial charge on any atom is -0.347 e. The smallest absolute Gasteiger partial charge is 0.271 e. The number of thiazole rings is 3. The number of carbonyl (C=O) groups excluding carboxylic acids is 6. The minimum absolute atomic E-state index is 0.0392. The van der Waals surface area contributed by atoms with Crippen molar-refractivity contribution in [2.75, 3.05) is 35.8 Å². The third kappa shape index (κ3) is 17.4. The molecular weight excluding hydrogens is 1150 g/mol. The molecule has 0 aliphatic carbocycles. The van der Waals surface area contributed by atoms with Crippen LogP contribution in [0.3, 0.4) is 0 Å². The molecule has 3 N–H and O–H groups in total. The summed E-state index contributed by atoms with van der Waals surface area (Å²) in [5.41, 5.74) is 11.0. The minimum atomic E-state index is -0.560. The Morgan fingerprint density at radius 3 is 1.12 bits per heavy atom. The topological polar surface area (TPSA) is 226 Å². The maximum absolute atomic E-state index is 13.1. The molecule has 0 aliphatic rings. The first-order valence-corrected chi connectivity index (χ1v) is 29.9. The van der Waals surface area contributed by atoms with Gasteiger partial charge in [-0.05, 0) is 128 Å². The number of anilines is 3. The lowest BCUT2D eigenvalue weighted by atomic mass is 10.2. The Morgan fingerprint density at radius 1 is 0.430 bits per heavy atom. The first kappa shape index (κ1) is 64.2. The van der Waals surface area contributed by atoms with E-state index in [2.05, 4.69) is 45.9 Å². The van der Waals surface area contributed by atoms with Gasteiger partial charge in [0.05, 0.1) is 0 Å². The van der Waals surface area contributed by atoms with Crippen LogP contribution in [-0.4, -0.2) is 86.5 Å². The Balaban J connectivity index is 0.000000185. The van der Waals surface area contributed by atoms with E-state index in [1.54, 1.807) is 71.0 Å². The van der Waals surface area contributed by atoms with Crippen LogP contribution in [-0.2, 0) is 34.0 Å². The summed E-state index contributed by atoms with van der Waals surface area (Å²) in [7, 11) is 5.24. The Labute approximate surface area is 509 Å². The molecule has 0 saturated heterocycles. The van der Waals surface area contributed by atoms with Gasteiger partial charge < -0.3 is 30.7 Å². The highest BCUT2D eigenvalue weighted by atomic mass is 32.1. The quantitative estimate of drug-likeness (QED) is 0.0682. The van der Waals surface area contributed by atoms with Crippen LogP contribution in [0.5, 0.6) is 0 Å². The third-order valence-electron chi connectivity index (χ3n) is 13.4. The van der Waals surface area contributed by atoms with Crippen LogP contribution in [0.2, 0.25) is 0 Å². The number of carbonyl (C=O) groups is 6. The molecule has 0 spiro atoms. The summed E-state index contributed by atoms with van der Waals surface area (Å²) in [6, 6.07) is 32.1. The molecule has 444 valence electrons. The van der Waals surface area contributed by atoms with Crippen LogP contribution in [0, 0.1) is 32.7 Å². The number of nitrogens with one attached hydrogen (secondary N) is 3. The van der Waals surface area contributed by atoms with Gasteiger partial charge in [-0.3, -0.25) is 33.8 Å². The molecule has 0 bridgehead atoms. The predicted octanol–water partition coefficient (Wildman–Crippen LogP) is 11.7. The Hall–Kier alpha value is -9.32. The predicted molar refractivity (Wildman–Crippen MR) is 334 cm³/mol. The maximum atomic E-state index is 13.1. The molecule has 0 aliphatic heterocycles. The number of hydrogen-bond acceptors (Lipinski definition) is 15. The number of aromatic nitrogens is 6. The molecule has 0 atom stereocenters. The number of aryl methyl sites for hydroxylation is 3. The van der Waals surface area contributed by atoms with Crippen molar-refractivity contribution in [1.82, 2.24) is 45.9 Å². The van der Waals surface area contributed by atoms with Gasteiger partial charge in [0.1, 0.15) is 32.1 Å². The van der Waals surface area contributed by atoms with E-state index in [1.165, 1.54) is 52.3 Å². The molecule has 0 saturated carbocycles. The molecular formula is C63H64F2N12O6S3. The van der Waals surface area contributed by atoms with Gasteiger partial charge in [-0.25, -0.2) is 24.9 Å². The van der Waals surface area contributed by atoms with E-state index in [0.29, 0.717) is 64.2 Å². The fourth-order valence-corrected chi connectivity index (χ4v) is 10.5. The first-order chi connectivity index (χ1) is 41.2. The van der Waals surface area contributed by atoms with Crippen molar-refractivity contribution in [3.8, 4) is 31.7 Å². The van der Waals surface area contributed by atoms with E-state index in [-0.39, 0.29) is 48.5 Å². The van der Waals surface area contributed by atoms with Gasteiger partial charge in [0.2, 0.25) is 29.6 Å². The van der Waals surface area contributed by atoms with Crippen molar-refractivity contribution in [3.63, 3.8) is 0 Å². The van der Waals surface area contributed by atoms with Crippen molar-refractivity contribution >= 4 is 86.5 Å². The van der Waals surface area contributed by atoms with E-state index in [0.717, 1.165) is 61.3 Å². The number of amides is 6. The standard InChI is InChI=1S/C22H24N4O2S.C21H21FN4O2S.C20H19FN4O2S/c1-5-20(27)26(4)18-10-8-16(9-11-18)22-25-19(13-29-22)21(28)23-12-17-7-6-14(2)24-15(17)3;1-4-19(27)26(3)16-8-5-14(6-9-16)21-25-17(12-29-21)20(28)23-11-15-7-10-18(22)24-13(15)2;1-3-18(26)25(2)15-7-5-14(6-8-15)20-24-16(12-28-20)19(27)23-11-13-4-9-17(21)22-10-13/h6-11,13H,5,12H2,1-4H3,(H,23,28);5-10,12H,4,11H2,1-3H3,(H,23,28);4-10,12H,3,11H2,1-2H3,(H,23,27). The van der Waals surface area contributed by atoms with Crippen LogP contribution in [0.25, 0.3) is 31.7 Å². The molecule has 9 aromatic rings. The summed E-state index contributed by atoms with van der Waals surface area (Å²) in [6.45, 7) is 12.0. The Bertz CT molecular complexity index is 3650. The lowest BCUT2D eigenvalue weighted by Crippen LogP contribution is -2.24. The van der Waals surface area contributed by atoms with Gasteiger partial charge in [-0.2, -0.15) is 8.78 Å². The van der Waals surface area contributed by atoms with Gasteiger partial charge in [-0.1, -0.05) is 39.0 Å². The molecule has 6 heterocycles. The number of nitrogens with zero attached hydrogens (tertiary/aromatic N) is 9.